The lowest BCUT2D eigenvalue weighted by molar-refractivity contribution is 0.511. The minimum absolute atomic E-state index is 0.209. The topological polar surface area (TPSA) is 58.2 Å². The van der Waals surface area contributed by atoms with Crippen molar-refractivity contribution in [1.82, 2.24) is 5.32 Å². The monoisotopic (exact) mass is 250 g/mol. The predicted octanol–water partition coefficient (Wildman–Crippen LogP) is 0.926. The van der Waals surface area contributed by atoms with E-state index in [4.69, 9.17) is 0 Å². The maximum absolute atomic E-state index is 13.1. The number of benzene rings is 1. The summed E-state index contributed by atoms with van der Waals surface area (Å²) in [5.74, 6) is -2.50. The Morgan fingerprint density at radius 3 is 2.62 bits per heavy atom. The second-order valence-electron chi connectivity index (χ2n) is 3.13. The van der Waals surface area contributed by atoms with E-state index in [0.717, 1.165) is 12.1 Å². The van der Waals surface area contributed by atoms with Crippen LogP contribution in [0.3, 0.4) is 0 Å². The van der Waals surface area contributed by atoms with Crippen LogP contribution in [0.15, 0.2) is 18.2 Å². The van der Waals surface area contributed by atoms with Gasteiger partial charge in [0.05, 0.1) is 11.4 Å². The van der Waals surface area contributed by atoms with Gasteiger partial charge in [0, 0.05) is 6.54 Å². The van der Waals surface area contributed by atoms with Crippen molar-refractivity contribution in [2.24, 2.45) is 0 Å². The van der Waals surface area contributed by atoms with Gasteiger partial charge in [0.1, 0.15) is 0 Å². The zero-order valence-electron chi connectivity index (χ0n) is 8.63. The lowest BCUT2D eigenvalue weighted by atomic mass is 10.3. The van der Waals surface area contributed by atoms with Crippen LogP contribution in [-0.4, -0.2) is 27.8 Å². The zero-order chi connectivity index (χ0) is 12.2. The molecule has 90 valence electrons. The van der Waals surface area contributed by atoms with E-state index in [-0.39, 0.29) is 18.0 Å². The Morgan fingerprint density at radius 2 is 2.00 bits per heavy atom. The summed E-state index contributed by atoms with van der Waals surface area (Å²) in [4.78, 5) is 0. The van der Waals surface area contributed by atoms with Crippen LogP contribution in [0.25, 0.3) is 0 Å². The largest absolute Gasteiger partial charge is 0.319 e. The highest BCUT2D eigenvalue weighted by atomic mass is 32.2. The molecule has 0 radical (unpaired) electrons. The third-order valence-corrected chi connectivity index (χ3v) is 3.11. The number of nitrogens with one attached hydrogen (secondary N) is 2. The number of hydrogen-bond acceptors (Lipinski definition) is 3. The summed E-state index contributed by atoms with van der Waals surface area (Å²) >= 11 is 0. The van der Waals surface area contributed by atoms with E-state index in [9.17, 15) is 17.2 Å². The number of sulfonamides is 1. The first kappa shape index (κ1) is 12.9. The second kappa shape index (κ2) is 5.22. The van der Waals surface area contributed by atoms with Crippen molar-refractivity contribution in [2.45, 2.75) is 0 Å². The maximum Gasteiger partial charge on any atom is 0.234 e. The average molecular weight is 250 g/mol. The quantitative estimate of drug-likeness (QED) is 0.817. The van der Waals surface area contributed by atoms with E-state index in [1.165, 1.54) is 6.07 Å². The van der Waals surface area contributed by atoms with Crippen molar-refractivity contribution in [1.29, 1.82) is 0 Å². The molecule has 0 atom stereocenters. The van der Waals surface area contributed by atoms with E-state index >= 15 is 0 Å². The Bertz CT molecular complexity index is 463. The Labute approximate surface area is 92.7 Å². The van der Waals surface area contributed by atoms with Crippen molar-refractivity contribution >= 4 is 15.7 Å². The van der Waals surface area contributed by atoms with Gasteiger partial charge in [0.2, 0.25) is 10.0 Å². The van der Waals surface area contributed by atoms with Gasteiger partial charge in [-0.05, 0) is 19.2 Å². The minimum Gasteiger partial charge on any atom is -0.319 e. The molecule has 16 heavy (non-hydrogen) atoms. The first-order chi connectivity index (χ1) is 7.46. The van der Waals surface area contributed by atoms with Gasteiger partial charge < -0.3 is 5.32 Å². The normalized spacial score (nSPS) is 11.4. The first-order valence-electron chi connectivity index (χ1n) is 4.55. The van der Waals surface area contributed by atoms with E-state index in [1.54, 1.807) is 7.05 Å². The lowest BCUT2D eigenvalue weighted by Gasteiger charge is -2.08. The van der Waals surface area contributed by atoms with Crippen LogP contribution >= 0.6 is 0 Å². The fourth-order valence-electron chi connectivity index (χ4n) is 1.04. The molecular weight excluding hydrogens is 238 g/mol. The van der Waals surface area contributed by atoms with E-state index in [0.29, 0.717) is 0 Å². The summed E-state index contributed by atoms with van der Waals surface area (Å²) in [7, 11) is -2.06. The highest BCUT2D eigenvalue weighted by Crippen LogP contribution is 2.17. The van der Waals surface area contributed by atoms with Crippen molar-refractivity contribution in [3.05, 3.63) is 29.8 Å². The summed E-state index contributed by atoms with van der Waals surface area (Å²) < 4.78 is 50.7. The van der Waals surface area contributed by atoms with Crippen molar-refractivity contribution in [3.63, 3.8) is 0 Å². The van der Waals surface area contributed by atoms with E-state index in [2.05, 4.69) is 5.32 Å². The van der Waals surface area contributed by atoms with Gasteiger partial charge in [-0.25, -0.2) is 17.2 Å². The fourth-order valence-corrected chi connectivity index (χ4v) is 2.11. The molecule has 0 aliphatic rings. The second-order valence-corrected chi connectivity index (χ2v) is 4.97. The summed E-state index contributed by atoms with van der Waals surface area (Å²) in [6.07, 6.45) is 0. The van der Waals surface area contributed by atoms with Gasteiger partial charge in [0.15, 0.2) is 11.6 Å². The maximum atomic E-state index is 13.1. The molecule has 1 aromatic rings. The van der Waals surface area contributed by atoms with Gasteiger partial charge in [-0.3, -0.25) is 4.72 Å². The molecule has 2 N–H and O–H groups in total. The number of rotatable bonds is 5. The summed E-state index contributed by atoms with van der Waals surface area (Å²) in [6.45, 7) is 0.228. The molecule has 0 aliphatic carbocycles. The van der Waals surface area contributed by atoms with Gasteiger partial charge in [-0.15, -0.1) is 0 Å². The Hall–Kier alpha value is -1.21. The minimum atomic E-state index is -3.66. The number of halogens is 2. The molecule has 1 rings (SSSR count). The lowest BCUT2D eigenvalue weighted by Crippen LogP contribution is -2.25. The molecule has 0 bridgehead atoms. The van der Waals surface area contributed by atoms with Crippen LogP contribution in [0.2, 0.25) is 0 Å². The van der Waals surface area contributed by atoms with Crippen LogP contribution in [0.1, 0.15) is 0 Å². The standard InChI is InChI=1S/C9H12F2N2O2S/c1-12-5-6-16(14,15)13-8-4-2-3-7(10)9(8)11/h2-4,12-13H,5-6H2,1H3. The summed E-state index contributed by atoms with van der Waals surface area (Å²) in [5, 5.41) is 2.65. The van der Waals surface area contributed by atoms with Crippen molar-refractivity contribution < 1.29 is 17.2 Å². The molecular formula is C9H12F2N2O2S. The number of anilines is 1. The molecule has 0 fully saturated rings. The third kappa shape index (κ3) is 3.42. The fraction of sp³-hybridized carbons (Fsp3) is 0.333. The van der Waals surface area contributed by atoms with Gasteiger partial charge in [0.25, 0.3) is 0 Å². The van der Waals surface area contributed by atoms with Crippen LogP contribution in [0.5, 0.6) is 0 Å². The van der Waals surface area contributed by atoms with Gasteiger partial charge in [-0.1, -0.05) is 6.07 Å². The highest BCUT2D eigenvalue weighted by Gasteiger charge is 2.14. The predicted molar refractivity (Wildman–Crippen MR) is 57.7 cm³/mol. The molecule has 0 amide bonds. The molecule has 1 aromatic carbocycles. The van der Waals surface area contributed by atoms with Crippen molar-refractivity contribution in [3.8, 4) is 0 Å². The number of hydrogen-bond donors (Lipinski definition) is 2. The molecule has 0 heterocycles. The van der Waals surface area contributed by atoms with Gasteiger partial charge in [-0.2, -0.15) is 0 Å². The van der Waals surface area contributed by atoms with Crippen LogP contribution in [-0.2, 0) is 10.0 Å². The molecule has 0 unspecified atom stereocenters. The van der Waals surface area contributed by atoms with Crippen LogP contribution in [0, 0.1) is 11.6 Å². The van der Waals surface area contributed by atoms with Gasteiger partial charge >= 0.3 is 0 Å². The molecule has 0 saturated heterocycles. The van der Waals surface area contributed by atoms with Crippen LogP contribution in [0.4, 0.5) is 14.5 Å². The Morgan fingerprint density at radius 1 is 1.31 bits per heavy atom. The Kier molecular flexibility index (Phi) is 4.19. The van der Waals surface area contributed by atoms with Crippen molar-refractivity contribution in [2.75, 3.05) is 24.1 Å². The average Bonchev–Trinajstić information content (AvgIpc) is 2.22. The summed E-state index contributed by atoms with van der Waals surface area (Å²) in [5.41, 5.74) is -0.379. The Balaban J connectivity index is 2.84. The smallest absolute Gasteiger partial charge is 0.234 e. The molecule has 0 spiro atoms. The SMILES string of the molecule is CNCCS(=O)(=O)Nc1cccc(F)c1F. The van der Waals surface area contributed by atoms with Crippen LogP contribution < -0.4 is 10.0 Å². The first-order valence-corrected chi connectivity index (χ1v) is 6.20. The zero-order valence-corrected chi connectivity index (χ0v) is 9.44. The third-order valence-electron chi connectivity index (χ3n) is 1.84. The van der Waals surface area contributed by atoms with E-state index < -0.39 is 21.7 Å². The molecule has 0 saturated carbocycles. The molecule has 0 aliphatic heterocycles. The molecule has 7 heteroatoms. The summed E-state index contributed by atoms with van der Waals surface area (Å²) in [6, 6.07) is 3.31. The molecule has 4 nitrogen and oxygen atoms in total. The highest BCUT2D eigenvalue weighted by molar-refractivity contribution is 7.92. The molecule has 0 aromatic heterocycles. The van der Waals surface area contributed by atoms with E-state index in [1.807, 2.05) is 4.72 Å².